The number of hydrogen-bond acceptors (Lipinski definition) is 3. The predicted octanol–water partition coefficient (Wildman–Crippen LogP) is 2.74. The number of rotatable bonds is 4. The number of aromatic nitrogens is 2. The number of nitrogens with zero attached hydrogens (tertiary/aromatic N) is 2. The van der Waals surface area contributed by atoms with Gasteiger partial charge in [0.05, 0.1) is 11.6 Å². The fraction of sp³-hybridized carbons (Fsp3) is 0.400. The van der Waals surface area contributed by atoms with Crippen LogP contribution in [-0.2, 0) is 6.54 Å². The van der Waals surface area contributed by atoms with E-state index in [0.29, 0.717) is 6.54 Å². The SMILES string of the molecule is CN1CC[C@H](NCc2ncc[nH]2)[C@@H]1c1ccc(Cl)c(F)c1. The lowest BCUT2D eigenvalue weighted by atomic mass is 10.00. The molecule has 1 saturated heterocycles. The molecule has 1 aliphatic rings. The summed E-state index contributed by atoms with van der Waals surface area (Å²) in [7, 11) is 2.06. The summed E-state index contributed by atoms with van der Waals surface area (Å²) in [5, 5.41) is 3.67. The first-order valence-corrected chi connectivity index (χ1v) is 7.40. The van der Waals surface area contributed by atoms with Crippen molar-refractivity contribution in [3.63, 3.8) is 0 Å². The van der Waals surface area contributed by atoms with E-state index in [9.17, 15) is 4.39 Å². The van der Waals surface area contributed by atoms with E-state index in [1.54, 1.807) is 12.3 Å². The van der Waals surface area contributed by atoms with Crippen molar-refractivity contribution >= 4 is 11.6 Å². The maximum Gasteiger partial charge on any atom is 0.142 e. The molecule has 0 aliphatic carbocycles. The Hall–Kier alpha value is -1.43. The highest BCUT2D eigenvalue weighted by atomic mass is 35.5. The zero-order valence-electron chi connectivity index (χ0n) is 11.8. The number of aromatic amines is 1. The summed E-state index contributed by atoms with van der Waals surface area (Å²) in [5.41, 5.74) is 0.953. The van der Waals surface area contributed by atoms with Crippen molar-refractivity contribution in [3.8, 4) is 0 Å². The van der Waals surface area contributed by atoms with Gasteiger partial charge in [-0.2, -0.15) is 0 Å². The van der Waals surface area contributed by atoms with Gasteiger partial charge in [0.25, 0.3) is 0 Å². The molecule has 2 atom stereocenters. The summed E-state index contributed by atoms with van der Waals surface area (Å²) in [6.07, 6.45) is 4.57. The second-order valence-electron chi connectivity index (χ2n) is 5.41. The molecule has 0 spiro atoms. The number of imidazole rings is 1. The van der Waals surface area contributed by atoms with Crippen LogP contribution in [0.1, 0.15) is 23.9 Å². The maximum absolute atomic E-state index is 13.7. The average molecular weight is 309 g/mol. The zero-order chi connectivity index (χ0) is 14.8. The lowest BCUT2D eigenvalue weighted by Crippen LogP contribution is -2.34. The Morgan fingerprint density at radius 2 is 2.38 bits per heavy atom. The van der Waals surface area contributed by atoms with E-state index in [1.165, 1.54) is 6.07 Å². The predicted molar refractivity (Wildman–Crippen MR) is 80.6 cm³/mol. The smallest absolute Gasteiger partial charge is 0.142 e. The Morgan fingerprint density at radius 1 is 1.52 bits per heavy atom. The summed E-state index contributed by atoms with van der Waals surface area (Å²) in [6.45, 7) is 1.66. The average Bonchev–Trinajstić information content (AvgIpc) is 3.09. The third-order valence-electron chi connectivity index (χ3n) is 4.02. The highest BCUT2D eigenvalue weighted by Crippen LogP contribution is 2.32. The molecule has 4 nitrogen and oxygen atoms in total. The van der Waals surface area contributed by atoms with Gasteiger partial charge >= 0.3 is 0 Å². The fourth-order valence-corrected chi connectivity index (χ4v) is 3.08. The van der Waals surface area contributed by atoms with Crippen molar-refractivity contribution in [2.45, 2.75) is 25.0 Å². The summed E-state index contributed by atoms with van der Waals surface area (Å²) in [4.78, 5) is 9.53. The van der Waals surface area contributed by atoms with Crippen molar-refractivity contribution in [2.75, 3.05) is 13.6 Å². The molecular formula is C15H18ClFN4. The van der Waals surface area contributed by atoms with Crippen molar-refractivity contribution < 1.29 is 4.39 Å². The molecule has 2 aromatic rings. The molecule has 0 saturated carbocycles. The van der Waals surface area contributed by atoms with Gasteiger partial charge < -0.3 is 10.3 Å². The van der Waals surface area contributed by atoms with Crippen LogP contribution >= 0.6 is 11.6 Å². The second-order valence-corrected chi connectivity index (χ2v) is 5.82. The lowest BCUT2D eigenvalue weighted by molar-refractivity contribution is 0.285. The van der Waals surface area contributed by atoms with Crippen LogP contribution in [-0.4, -0.2) is 34.5 Å². The molecule has 0 bridgehead atoms. The monoisotopic (exact) mass is 308 g/mol. The number of halogens is 2. The van der Waals surface area contributed by atoms with Gasteiger partial charge in [-0.05, 0) is 31.2 Å². The Kier molecular flexibility index (Phi) is 4.24. The highest BCUT2D eigenvalue weighted by molar-refractivity contribution is 6.30. The molecule has 1 aliphatic heterocycles. The minimum atomic E-state index is -0.362. The minimum Gasteiger partial charge on any atom is -0.348 e. The summed E-state index contributed by atoms with van der Waals surface area (Å²) >= 11 is 5.77. The summed E-state index contributed by atoms with van der Waals surface area (Å²) in [6, 6.07) is 5.48. The van der Waals surface area contributed by atoms with Gasteiger partial charge in [-0.25, -0.2) is 9.37 Å². The number of hydrogen-bond donors (Lipinski definition) is 2. The molecule has 0 radical (unpaired) electrons. The number of likely N-dealkylation sites (tertiary alicyclic amines) is 1. The summed E-state index contributed by atoms with van der Waals surface area (Å²) < 4.78 is 13.7. The Balaban J connectivity index is 1.75. The van der Waals surface area contributed by atoms with Gasteiger partial charge in [0.2, 0.25) is 0 Å². The van der Waals surface area contributed by atoms with Crippen LogP contribution in [0.2, 0.25) is 5.02 Å². The topological polar surface area (TPSA) is 44.0 Å². The quantitative estimate of drug-likeness (QED) is 0.913. The zero-order valence-corrected chi connectivity index (χ0v) is 12.6. The fourth-order valence-electron chi connectivity index (χ4n) is 2.97. The van der Waals surface area contributed by atoms with E-state index in [0.717, 1.165) is 24.4 Å². The normalized spacial score (nSPS) is 22.8. The maximum atomic E-state index is 13.7. The van der Waals surface area contributed by atoms with Crippen LogP contribution in [0.3, 0.4) is 0 Å². The number of H-pyrrole nitrogens is 1. The van der Waals surface area contributed by atoms with E-state index < -0.39 is 0 Å². The van der Waals surface area contributed by atoms with Gasteiger partial charge in [0, 0.05) is 31.0 Å². The number of benzene rings is 1. The first-order chi connectivity index (χ1) is 10.1. The molecule has 0 unspecified atom stereocenters. The molecule has 2 N–H and O–H groups in total. The van der Waals surface area contributed by atoms with Crippen LogP contribution in [0.5, 0.6) is 0 Å². The van der Waals surface area contributed by atoms with Crippen LogP contribution in [0.4, 0.5) is 4.39 Å². The molecular weight excluding hydrogens is 291 g/mol. The van der Waals surface area contributed by atoms with Crippen molar-refractivity contribution in [2.24, 2.45) is 0 Å². The van der Waals surface area contributed by atoms with E-state index >= 15 is 0 Å². The van der Waals surface area contributed by atoms with E-state index in [-0.39, 0.29) is 22.9 Å². The first-order valence-electron chi connectivity index (χ1n) is 7.02. The van der Waals surface area contributed by atoms with Crippen molar-refractivity contribution in [3.05, 3.63) is 52.8 Å². The van der Waals surface area contributed by atoms with E-state index in [4.69, 9.17) is 11.6 Å². The molecule has 1 aromatic heterocycles. The molecule has 0 amide bonds. The number of nitrogens with one attached hydrogen (secondary N) is 2. The van der Waals surface area contributed by atoms with Gasteiger partial charge in [0.1, 0.15) is 11.6 Å². The van der Waals surface area contributed by atoms with Crippen LogP contribution in [0.25, 0.3) is 0 Å². The third kappa shape index (κ3) is 3.10. The molecule has 1 fully saturated rings. The van der Waals surface area contributed by atoms with Crippen LogP contribution in [0.15, 0.2) is 30.6 Å². The van der Waals surface area contributed by atoms with Crippen LogP contribution < -0.4 is 5.32 Å². The van der Waals surface area contributed by atoms with Crippen molar-refractivity contribution in [1.82, 2.24) is 20.2 Å². The summed E-state index contributed by atoms with van der Waals surface area (Å²) in [5.74, 6) is 0.546. The van der Waals surface area contributed by atoms with E-state index in [1.807, 2.05) is 12.3 Å². The van der Waals surface area contributed by atoms with E-state index in [2.05, 4.69) is 27.2 Å². The Morgan fingerprint density at radius 3 is 3.10 bits per heavy atom. The highest BCUT2D eigenvalue weighted by Gasteiger charge is 2.33. The molecule has 21 heavy (non-hydrogen) atoms. The Bertz CT molecular complexity index is 602. The molecule has 112 valence electrons. The first kappa shape index (κ1) is 14.5. The molecule has 1 aromatic carbocycles. The Labute approximate surface area is 128 Å². The molecule has 6 heteroatoms. The van der Waals surface area contributed by atoms with Gasteiger partial charge in [-0.15, -0.1) is 0 Å². The minimum absolute atomic E-state index is 0.145. The standard InChI is InChI=1S/C15H18ClFN4/c1-21-7-4-13(20-9-14-18-5-6-19-14)15(21)10-2-3-11(16)12(17)8-10/h2-3,5-6,8,13,15,20H,4,7,9H2,1H3,(H,18,19)/t13-,15-/m0/s1. The van der Waals surface area contributed by atoms with Crippen molar-refractivity contribution in [1.29, 1.82) is 0 Å². The van der Waals surface area contributed by atoms with Gasteiger partial charge in [-0.3, -0.25) is 4.90 Å². The molecule has 3 rings (SSSR count). The number of likely N-dealkylation sites (N-methyl/N-ethyl adjacent to an activating group) is 1. The third-order valence-corrected chi connectivity index (χ3v) is 4.33. The van der Waals surface area contributed by atoms with Crippen LogP contribution in [0, 0.1) is 5.82 Å². The largest absolute Gasteiger partial charge is 0.348 e. The lowest BCUT2D eigenvalue weighted by Gasteiger charge is -2.26. The van der Waals surface area contributed by atoms with Gasteiger partial charge in [0.15, 0.2) is 0 Å². The second kappa shape index (κ2) is 6.13. The van der Waals surface area contributed by atoms with Gasteiger partial charge in [-0.1, -0.05) is 17.7 Å². The molecule has 2 heterocycles.